The molecule has 0 spiro atoms. The highest BCUT2D eigenvalue weighted by molar-refractivity contribution is 4.63. The Morgan fingerprint density at radius 3 is 1.36 bits per heavy atom. The van der Waals surface area contributed by atoms with E-state index >= 15 is 0 Å². The molecule has 3 heteroatoms. The smallest absolute Gasteiger partial charge is 0.248 e. The zero-order valence-electron chi connectivity index (χ0n) is 7.46. The molecule has 0 nitrogen and oxygen atoms in total. The van der Waals surface area contributed by atoms with Crippen LogP contribution in [0.25, 0.3) is 0 Å². The molecule has 0 fully saturated rings. The largest absolute Gasteiger partial charge is 0.255 e. The van der Waals surface area contributed by atoms with Crippen molar-refractivity contribution in [3.8, 4) is 0 Å². The minimum Gasteiger partial charge on any atom is -0.255 e. The zero-order chi connectivity index (χ0) is 9.33. The highest BCUT2D eigenvalue weighted by Gasteiger charge is 2.25. The van der Waals surface area contributed by atoms with Crippen molar-refractivity contribution in [2.24, 2.45) is 0 Å². The predicted molar refractivity (Wildman–Crippen MR) is 41.8 cm³/mol. The molecule has 70 valence electrons. The molecule has 0 aromatic carbocycles. The highest BCUT2D eigenvalue weighted by atomic mass is 19.3. The van der Waals surface area contributed by atoms with Gasteiger partial charge in [0.25, 0.3) is 0 Å². The summed E-state index contributed by atoms with van der Waals surface area (Å²) < 4.78 is 34.3. The molecule has 0 saturated carbocycles. The second-order valence-corrected chi connectivity index (χ2v) is 2.36. The first-order chi connectivity index (χ1) is 5.12. The maximum atomic E-state index is 12.4. The number of hydrogen-bond acceptors (Lipinski definition) is 0. The van der Waals surface area contributed by atoms with Crippen LogP contribution in [-0.2, 0) is 0 Å². The van der Waals surface area contributed by atoms with Gasteiger partial charge in [0.05, 0.1) is 7.18 Å². The van der Waals surface area contributed by atoms with E-state index in [0.717, 1.165) is 0 Å². The molecule has 0 aromatic heterocycles. The molecule has 0 bridgehead atoms. The summed E-state index contributed by atoms with van der Waals surface area (Å²) in [6.45, 7) is 3.56. The van der Waals surface area contributed by atoms with Gasteiger partial charge >= 0.3 is 0 Å². The average molecular weight is 170 g/mol. The third-order valence-electron chi connectivity index (χ3n) is 1.23. The average Bonchev–Trinajstić information content (AvgIpc) is 1.91. The van der Waals surface area contributed by atoms with E-state index in [4.69, 9.17) is 0 Å². The molecule has 11 heavy (non-hydrogen) atoms. The molecule has 0 rings (SSSR count). The van der Waals surface area contributed by atoms with E-state index in [1.54, 1.807) is 13.8 Å². The van der Waals surface area contributed by atoms with Crippen molar-refractivity contribution in [2.45, 2.75) is 45.5 Å². The molecule has 0 aliphatic rings. The first-order valence-electron chi connectivity index (χ1n) is 3.88. The van der Waals surface area contributed by atoms with Crippen molar-refractivity contribution in [3.05, 3.63) is 0 Å². The van der Waals surface area contributed by atoms with Gasteiger partial charge in [-0.3, -0.25) is 4.39 Å². The lowest BCUT2D eigenvalue weighted by atomic mass is 10.1. The van der Waals surface area contributed by atoms with Crippen molar-refractivity contribution < 1.29 is 13.2 Å². The Morgan fingerprint density at radius 1 is 0.909 bits per heavy atom. The lowest BCUT2D eigenvalue weighted by molar-refractivity contribution is -0.0173. The predicted octanol–water partition coefficient (Wildman–Crippen LogP) is 3.81. The quantitative estimate of drug-likeness (QED) is 0.601. The lowest BCUT2D eigenvalue weighted by Crippen LogP contribution is -2.14. The van der Waals surface area contributed by atoms with Gasteiger partial charge in [0.2, 0.25) is 5.92 Å². The van der Waals surface area contributed by atoms with E-state index < -0.39 is 5.92 Å². The third-order valence-corrected chi connectivity index (χ3v) is 1.23. The van der Waals surface area contributed by atoms with Gasteiger partial charge in [-0.25, -0.2) is 8.78 Å². The van der Waals surface area contributed by atoms with Crippen LogP contribution in [0.3, 0.4) is 0 Å². The van der Waals surface area contributed by atoms with Crippen LogP contribution < -0.4 is 0 Å². The number of alkyl halides is 3. The Bertz CT molecular complexity index is 63.7. The van der Waals surface area contributed by atoms with Crippen LogP contribution >= 0.6 is 0 Å². The molecular formula is C8H17F3. The summed E-state index contributed by atoms with van der Waals surface area (Å²) in [4.78, 5) is 0. The van der Waals surface area contributed by atoms with Gasteiger partial charge in [-0.1, -0.05) is 26.7 Å². The fourth-order valence-electron chi connectivity index (χ4n) is 0.857. The van der Waals surface area contributed by atoms with E-state index in [2.05, 4.69) is 0 Å². The van der Waals surface area contributed by atoms with Gasteiger partial charge < -0.3 is 0 Å². The van der Waals surface area contributed by atoms with E-state index in [0.29, 0.717) is 20.0 Å². The monoisotopic (exact) mass is 170 g/mol. The number of rotatable bonds is 4. The molecule has 0 aliphatic carbocycles. The molecular weight excluding hydrogens is 153 g/mol. The maximum absolute atomic E-state index is 12.4. The van der Waals surface area contributed by atoms with Crippen LogP contribution in [0.15, 0.2) is 0 Å². The Morgan fingerprint density at radius 2 is 1.18 bits per heavy atom. The van der Waals surface area contributed by atoms with Crippen molar-refractivity contribution in [2.75, 3.05) is 7.18 Å². The zero-order valence-corrected chi connectivity index (χ0v) is 7.46. The molecule has 0 radical (unpaired) electrons. The van der Waals surface area contributed by atoms with Crippen molar-refractivity contribution >= 4 is 0 Å². The van der Waals surface area contributed by atoms with Gasteiger partial charge in [-0.15, -0.1) is 0 Å². The SMILES string of the molecule is CCCC(F)(F)CCC.CF. The molecule has 0 heterocycles. The molecule has 0 unspecified atom stereocenters. The Hall–Kier alpha value is -0.210. The van der Waals surface area contributed by atoms with Crippen LogP contribution in [-0.4, -0.2) is 13.1 Å². The van der Waals surface area contributed by atoms with E-state index in [1.165, 1.54) is 0 Å². The highest BCUT2D eigenvalue weighted by Crippen LogP contribution is 2.25. The Labute approximate surface area is 66.8 Å². The summed E-state index contributed by atoms with van der Waals surface area (Å²) in [6.07, 6.45) is 1.24. The normalized spacial score (nSPS) is 10.4. The van der Waals surface area contributed by atoms with Crippen molar-refractivity contribution in [3.63, 3.8) is 0 Å². The third kappa shape index (κ3) is 9.79. The van der Waals surface area contributed by atoms with E-state index in [1.807, 2.05) is 0 Å². The second-order valence-electron chi connectivity index (χ2n) is 2.36. The first kappa shape index (κ1) is 13.4. The van der Waals surface area contributed by atoms with Gasteiger partial charge in [-0.2, -0.15) is 0 Å². The first-order valence-corrected chi connectivity index (χ1v) is 3.88. The summed E-state index contributed by atoms with van der Waals surface area (Å²) in [6, 6.07) is 0. The molecule has 0 atom stereocenters. The van der Waals surface area contributed by atoms with E-state index in [9.17, 15) is 13.2 Å². The van der Waals surface area contributed by atoms with Crippen LogP contribution in [0.5, 0.6) is 0 Å². The van der Waals surface area contributed by atoms with Crippen molar-refractivity contribution in [1.82, 2.24) is 0 Å². The van der Waals surface area contributed by atoms with Gasteiger partial charge in [-0.05, 0) is 0 Å². The molecule has 0 saturated heterocycles. The fraction of sp³-hybridized carbons (Fsp3) is 1.00. The number of hydrogen-bond donors (Lipinski definition) is 0. The van der Waals surface area contributed by atoms with Crippen LogP contribution in [0, 0.1) is 0 Å². The number of halogens is 3. The van der Waals surface area contributed by atoms with Crippen molar-refractivity contribution in [1.29, 1.82) is 0 Å². The topological polar surface area (TPSA) is 0 Å². The minimum atomic E-state index is -2.40. The Balaban J connectivity index is 0. The van der Waals surface area contributed by atoms with Gasteiger partial charge in [0, 0.05) is 12.8 Å². The molecule has 0 aromatic rings. The summed E-state index contributed by atoms with van der Waals surface area (Å²) in [5.41, 5.74) is 0. The molecule has 0 N–H and O–H groups in total. The lowest BCUT2D eigenvalue weighted by Gasteiger charge is -2.12. The minimum absolute atomic E-state index is 0.0425. The van der Waals surface area contributed by atoms with E-state index in [-0.39, 0.29) is 12.8 Å². The van der Waals surface area contributed by atoms with Crippen LogP contribution in [0.4, 0.5) is 13.2 Å². The summed E-state index contributed by atoms with van der Waals surface area (Å²) >= 11 is 0. The van der Waals surface area contributed by atoms with Gasteiger partial charge in [0.15, 0.2) is 0 Å². The Kier molecular flexibility index (Phi) is 9.60. The fourth-order valence-corrected chi connectivity index (χ4v) is 0.857. The summed E-state index contributed by atoms with van der Waals surface area (Å²) in [5, 5.41) is 0. The van der Waals surface area contributed by atoms with Gasteiger partial charge in [0.1, 0.15) is 0 Å². The van der Waals surface area contributed by atoms with Crippen LogP contribution in [0.2, 0.25) is 0 Å². The second kappa shape index (κ2) is 7.89. The molecule has 0 amide bonds. The summed E-state index contributed by atoms with van der Waals surface area (Å²) in [5.74, 6) is -2.40. The molecule has 0 aliphatic heterocycles. The standard InChI is InChI=1S/C7H14F2.CH3F/c1-3-5-7(8,9)6-4-2;1-2/h3-6H2,1-2H3;1H3. The van der Waals surface area contributed by atoms with Crippen LogP contribution in [0.1, 0.15) is 39.5 Å². The summed E-state index contributed by atoms with van der Waals surface area (Å²) in [7, 11) is 0.500. The maximum Gasteiger partial charge on any atom is 0.248 e.